The molecule has 0 unspecified atom stereocenters. The first-order valence-corrected chi connectivity index (χ1v) is 12.9. The summed E-state index contributed by atoms with van der Waals surface area (Å²) >= 11 is 0. The van der Waals surface area contributed by atoms with Crippen molar-refractivity contribution in [1.82, 2.24) is 19.1 Å². The average molecular weight is 527 g/mol. The molecule has 10 nitrogen and oxygen atoms in total. The second-order valence-corrected chi connectivity index (χ2v) is 9.70. The summed E-state index contributed by atoms with van der Waals surface area (Å²) in [4.78, 5) is 53.1. The highest BCUT2D eigenvalue weighted by molar-refractivity contribution is 5.96. The van der Waals surface area contributed by atoms with Crippen LogP contribution in [0.15, 0.2) is 68.0 Å². The Morgan fingerprint density at radius 3 is 2.44 bits per heavy atom. The molecule has 0 atom stereocenters. The van der Waals surface area contributed by atoms with E-state index in [4.69, 9.17) is 0 Å². The Hall–Kier alpha value is -4.73. The number of pyridine rings is 1. The largest absolute Gasteiger partial charge is 0.859 e. The van der Waals surface area contributed by atoms with Crippen molar-refractivity contribution in [2.75, 3.05) is 0 Å². The lowest BCUT2D eigenvalue weighted by Crippen LogP contribution is -2.44. The van der Waals surface area contributed by atoms with E-state index in [1.807, 2.05) is 0 Å². The minimum atomic E-state index is -0.816. The van der Waals surface area contributed by atoms with Gasteiger partial charge in [-0.15, -0.1) is 0 Å². The van der Waals surface area contributed by atoms with Crippen molar-refractivity contribution >= 4 is 18.1 Å². The van der Waals surface area contributed by atoms with Gasteiger partial charge < -0.3 is 5.11 Å². The van der Waals surface area contributed by atoms with E-state index in [9.17, 15) is 24.3 Å². The van der Waals surface area contributed by atoms with Crippen LogP contribution in [0.1, 0.15) is 53.6 Å². The average Bonchev–Trinajstić information content (AvgIpc) is 3.28. The van der Waals surface area contributed by atoms with E-state index in [2.05, 4.69) is 10.1 Å². The summed E-state index contributed by atoms with van der Waals surface area (Å²) in [6.45, 7) is 1.74. The molecule has 10 heteroatoms. The number of aromatic nitrogens is 3. The van der Waals surface area contributed by atoms with Gasteiger partial charge in [-0.1, -0.05) is 55.7 Å². The molecule has 1 aromatic carbocycles. The second kappa shape index (κ2) is 10.6. The maximum absolute atomic E-state index is 13.3. The van der Waals surface area contributed by atoms with Gasteiger partial charge in [0, 0.05) is 23.5 Å². The molecule has 1 fully saturated rings. The van der Waals surface area contributed by atoms with Crippen molar-refractivity contribution in [3.05, 3.63) is 107 Å². The van der Waals surface area contributed by atoms with Crippen LogP contribution in [0.5, 0.6) is 5.88 Å². The van der Waals surface area contributed by atoms with Crippen LogP contribution in [0.4, 0.5) is 0 Å². The lowest BCUT2D eigenvalue weighted by Gasteiger charge is -2.27. The van der Waals surface area contributed by atoms with E-state index >= 15 is 0 Å². The first-order chi connectivity index (χ1) is 18.8. The van der Waals surface area contributed by atoms with Gasteiger partial charge in [0.1, 0.15) is 0 Å². The van der Waals surface area contributed by atoms with E-state index in [1.54, 1.807) is 67.5 Å². The number of carbonyl (C=O) groups is 1. The van der Waals surface area contributed by atoms with Crippen molar-refractivity contribution in [3.63, 3.8) is 0 Å². The molecule has 3 heterocycles. The molecule has 2 aliphatic rings. The van der Waals surface area contributed by atoms with Crippen LogP contribution in [-0.2, 0) is 7.05 Å². The molecule has 39 heavy (non-hydrogen) atoms. The first kappa shape index (κ1) is 25.9. The highest BCUT2D eigenvalue weighted by atomic mass is 16.3. The Kier molecular flexibility index (Phi) is 7.02. The number of allylic oxidation sites excluding steroid dienone is 3. The van der Waals surface area contributed by atoms with Gasteiger partial charge >= 0.3 is 5.69 Å². The number of hydrogen-bond donors (Lipinski definition) is 1. The predicted octanol–water partition coefficient (Wildman–Crippen LogP) is 0.980. The van der Waals surface area contributed by atoms with E-state index in [0.717, 1.165) is 36.7 Å². The number of nitrogens with zero attached hydrogens (tertiary/aromatic N) is 4. The highest BCUT2D eigenvalue weighted by Gasteiger charge is 2.33. The molecule has 0 radical (unpaired) electrons. The fourth-order valence-corrected chi connectivity index (χ4v) is 5.17. The molecule has 3 aromatic rings. The molecule has 1 amide bonds. The van der Waals surface area contributed by atoms with Crippen LogP contribution in [0.3, 0.4) is 0 Å². The van der Waals surface area contributed by atoms with Crippen molar-refractivity contribution in [1.29, 1.82) is 0 Å². The molecule has 0 saturated heterocycles. The molecule has 1 saturated carbocycles. The summed E-state index contributed by atoms with van der Waals surface area (Å²) in [6.07, 6.45) is 12.6. The number of H-pyrrole nitrogens is 1. The zero-order chi connectivity index (χ0) is 27.7. The van der Waals surface area contributed by atoms with E-state index in [1.165, 1.54) is 16.7 Å². The monoisotopic (exact) mass is 526 g/mol. The van der Waals surface area contributed by atoms with E-state index in [0.29, 0.717) is 27.5 Å². The Bertz CT molecular complexity index is 1810. The summed E-state index contributed by atoms with van der Waals surface area (Å²) in [5, 5.41) is 19.3. The third kappa shape index (κ3) is 4.69. The zero-order valence-electron chi connectivity index (χ0n) is 21.7. The quantitative estimate of drug-likeness (QED) is 0.495. The van der Waals surface area contributed by atoms with E-state index < -0.39 is 17.1 Å². The van der Waals surface area contributed by atoms with Gasteiger partial charge in [-0.3, -0.25) is 28.5 Å². The predicted molar refractivity (Wildman–Crippen MR) is 145 cm³/mol. The fraction of sp³-hybridized carbons (Fsp3) is 0.276. The van der Waals surface area contributed by atoms with Crippen molar-refractivity contribution < 1.29 is 9.90 Å². The molecule has 2 aromatic heterocycles. The molecule has 1 aliphatic carbocycles. The minimum Gasteiger partial charge on any atom is -0.859 e. The summed E-state index contributed by atoms with van der Waals surface area (Å²) in [5.74, 6) is -0.920. The summed E-state index contributed by atoms with van der Waals surface area (Å²) in [6, 6.07) is 8.35. The Labute approximate surface area is 223 Å². The molecule has 5 rings (SSSR count). The van der Waals surface area contributed by atoms with Crippen LogP contribution in [0, 0.1) is 6.92 Å². The van der Waals surface area contributed by atoms with Crippen LogP contribution >= 0.6 is 0 Å². The van der Waals surface area contributed by atoms with Gasteiger partial charge in [-0.25, -0.2) is 9.80 Å². The lowest BCUT2D eigenvalue weighted by molar-refractivity contribution is -0.278. The number of para-hydroxylation sites is 1. The maximum atomic E-state index is 13.3. The van der Waals surface area contributed by atoms with Gasteiger partial charge in [-0.2, -0.15) is 5.10 Å². The molecule has 1 N–H and O–H groups in total. The smallest absolute Gasteiger partial charge is 0.332 e. The Morgan fingerprint density at radius 2 is 1.72 bits per heavy atom. The standard InChI is InChI=1S/C29H29N5O5/c1-18-21(26(36)32(2)24-23(18)28(38)34(31-24)20-14-8-4-9-15-20)16-10-5-11-17-22-25(35)30-29(39)33(27(22)37)19-12-6-3-7-13-19/h3,5-7,10-13,16-17,20,37H,4,8-9,14-15H2,1-2H3,(H,30,35,39)/p-1/b10-5+,17-11+,21-16+. The van der Waals surface area contributed by atoms with Gasteiger partial charge in [0.25, 0.3) is 17.0 Å². The number of nitrogens with one attached hydrogen (secondary N) is 1. The first-order valence-electron chi connectivity index (χ1n) is 12.9. The summed E-state index contributed by atoms with van der Waals surface area (Å²) in [7, 11) is 1.60. The second-order valence-electron chi connectivity index (χ2n) is 9.70. The maximum Gasteiger partial charge on any atom is 0.332 e. The number of benzene rings is 1. The van der Waals surface area contributed by atoms with Crippen LogP contribution in [-0.4, -0.2) is 31.1 Å². The molecule has 0 bridgehead atoms. The third-order valence-corrected chi connectivity index (χ3v) is 7.26. The van der Waals surface area contributed by atoms with Gasteiger partial charge in [-0.05, 0) is 55.5 Å². The van der Waals surface area contributed by atoms with Crippen LogP contribution in [0.25, 0.3) is 17.8 Å². The Morgan fingerprint density at radius 1 is 1.00 bits per heavy atom. The summed E-state index contributed by atoms with van der Waals surface area (Å²) < 4.78 is 2.29. The van der Waals surface area contributed by atoms with Gasteiger partial charge in [0.05, 0.1) is 11.6 Å². The van der Waals surface area contributed by atoms with Crippen molar-refractivity contribution in [2.45, 2.75) is 45.1 Å². The SMILES string of the molecule is Cc1c2c(n(C)c(=O)/c1=C/C=C/C=C/c1c([O-])n(-c3ccccc3)c(=O)[nH]c1=O)=NN(C1CCCCC1)C2=O. The van der Waals surface area contributed by atoms with Crippen LogP contribution < -0.4 is 32.6 Å². The molecule has 1 aliphatic heterocycles. The fourth-order valence-electron chi connectivity index (χ4n) is 5.17. The number of carbonyl (C=O) groups excluding carboxylic acids is 1. The number of hydrogen-bond acceptors (Lipinski definition) is 6. The number of fused-ring (bicyclic) bond motifs is 1. The van der Waals surface area contributed by atoms with E-state index in [-0.39, 0.29) is 23.1 Å². The van der Waals surface area contributed by atoms with Crippen molar-refractivity contribution in [2.24, 2.45) is 12.1 Å². The number of amides is 1. The molecule has 200 valence electrons. The Balaban J connectivity index is 1.45. The van der Waals surface area contributed by atoms with Crippen LogP contribution in [0.2, 0.25) is 0 Å². The van der Waals surface area contributed by atoms with Crippen molar-refractivity contribution in [3.8, 4) is 11.6 Å². The number of aromatic amines is 1. The molecular formula is C29H28N5O5-. The van der Waals surface area contributed by atoms with Gasteiger partial charge in [0.15, 0.2) is 5.49 Å². The highest BCUT2D eigenvalue weighted by Crippen LogP contribution is 2.25. The third-order valence-electron chi connectivity index (χ3n) is 7.26. The lowest BCUT2D eigenvalue weighted by atomic mass is 9.95. The normalized spacial score (nSPS) is 16.4. The molecular weight excluding hydrogens is 498 g/mol. The topological polar surface area (TPSA) is 133 Å². The minimum absolute atomic E-state index is 0.0518. The number of rotatable bonds is 5. The zero-order valence-corrected chi connectivity index (χ0v) is 21.7. The summed E-state index contributed by atoms with van der Waals surface area (Å²) in [5.41, 5.74) is -0.385. The van der Waals surface area contributed by atoms with Gasteiger partial charge in [0.2, 0.25) is 0 Å². The molecule has 0 spiro atoms.